The molecule has 0 aromatic carbocycles. The van der Waals surface area contributed by atoms with Crippen LogP contribution in [0.1, 0.15) is 19.3 Å². The Morgan fingerprint density at radius 1 is 1.50 bits per heavy atom. The number of halogens is 2. The molecule has 0 bridgehead atoms. The van der Waals surface area contributed by atoms with Crippen LogP contribution >= 0.6 is 0 Å². The minimum atomic E-state index is -2.78. The van der Waals surface area contributed by atoms with Crippen LogP contribution in [0.15, 0.2) is 4.99 Å². The summed E-state index contributed by atoms with van der Waals surface area (Å²) in [6.07, 6.45) is 2.70. The molecule has 1 aliphatic rings. The fourth-order valence-electron chi connectivity index (χ4n) is 1.41. The van der Waals surface area contributed by atoms with Crippen LogP contribution in [-0.2, 0) is 9.53 Å². The van der Waals surface area contributed by atoms with E-state index in [1.807, 2.05) is 0 Å². The summed E-state index contributed by atoms with van der Waals surface area (Å²) in [5, 5.41) is 0. The van der Waals surface area contributed by atoms with Crippen molar-refractivity contribution in [3.8, 4) is 0 Å². The highest BCUT2D eigenvalue weighted by Crippen LogP contribution is 2.25. The molecule has 1 aliphatic carbocycles. The van der Waals surface area contributed by atoms with Crippen molar-refractivity contribution in [1.82, 2.24) is 0 Å². The summed E-state index contributed by atoms with van der Waals surface area (Å²) >= 11 is 0. The molecule has 3 nitrogen and oxygen atoms in total. The summed E-state index contributed by atoms with van der Waals surface area (Å²) in [4.78, 5) is 13.3. The molecule has 1 fully saturated rings. The molecule has 5 heteroatoms. The Labute approximate surface area is 68.4 Å². The van der Waals surface area contributed by atoms with Crippen LogP contribution in [0, 0.1) is 0 Å². The zero-order chi connectivity index (χ0) is 8.97. The Kier molecular flexibility index (Phi) is 3.31. The Morgan fingerprint density at radius 2 is 2.25 bits per heavy atom. The highest BCUT2D eigenvalue weighted by atomic mass is 19.3. The largest absolute Gasteiger partial charge is 0.345 e. The van der Waals surface area contributed by atoms with Crippen molar-refractivity contribution in [1.29, 1.82) is 0 Å². The van der Waals surface area contributed by atoms with Crippen LogP contribution in [0.25, 0.3) is 0 Å². The first-order chi connectivity index (χ1) is 5.74. The van der Waals surface area contributed by atoms with Gasteiger partial charge in [0.1, 0.15) is 0 Å². The molecule has 0 aromatic heterocycles. The molecule has 1 rings (SSSR count). The third kappa shape index (κ3) is 2.36. The highest BCUT2D eigenvalue weighted by Gasteiger charge is 2.30. The summed E-state index contributed by atoms with van der Waals surface area (Å²) in [6, 6.07) is -0.420. The number of rotatable bonds is 3. The number of hydrogen-bond donors (Lipinski definition) is 0. The first-order valence-electron chi connectivity index (χ1n) is 3.74. The number of aliphatic imine (C=N–C) groups is 1. The van der Waals surface area contributed by atoms with Crippen LogP contribution in [0.3, 0.4) is 0 Å². The van der Waals surface area contributed by atoms with E-state index in [-0.39, 0.29) is 0 Å². The quantitative estimate of drug-likeness (QED) is 0.483. The van der Waals surface area contributed by atoms with Gasteiger partial charge in [0.15, 0.2) is 0 Å². The lowest BCUT2D eigenvalue weighted by molar-refractivity contribution is -0.163. The maximum Gasteiger partial charge on any atom is 0.345 e. The second-order valence-electron chi connectivity index (χ2n) is 2.65. The molecular weight excluding hydrogens is 168 g/mol. The summed E-state index contributed by atoms with van der Waals surface area (Å²) in [5.74, 6) is 0. The fourth-order valence-corrected chi connectivity index (χ4v) is 1.41. The van der Waals surface area contributed by atoms with E-state index >= 15 is 0 Å². The lowest BCUT2D eigenvalue weighted by Gasteiger charge is -2.13. The highest BCUT2D eigenvalue weighted by molar-refractivity contribution is 5.33. The fraction of sp³-hybridized carbons (Fsp3) is 0.857. The van der Waals surface area contributed by atoms with Gasteiger partial charge < -0.3 is 4.74 Å². The van der Waals surface area contributed by atoms with Gasteiger partial charge in [0.25, 0.3) is 0 Å². The van der Waals surface area contributed by atoms with Crippen molar-refractivity contribution in [2.24, 2.45) is 4.99 Å². The van der Waals surface area contributed by atoms with Crippen molar-refractivity contribution in [2.75, 3.05) is 0 Å². The standard InChI is InChI=1S/C7H9F2NO2/c8-7(9)12-6-3-1-2-5(6)10-4-11/h5-7H,1-3H2. The number of ether oxygens (including phenoxy) is 1. The van der Waals surface area contributed by atoms with E-state index in [0.29, 0.717) is 12.8 Å². The van der Waals surface area contributed by atoms with E-state index in [2.05, 4.69) is 9.73 Å². The number of nitrogens with zero attached hydrogens (tertiary/aromatic N) is 1. The van der Waals surface area contributed by atoms with E-state index < -0.39 is 18.8 Å². The first-order valence-corrected chi connectivity index (χ1v) is 3.74. The monoisotopic (exact) mass is 177 g/mol. The van der Waals surface area contributed by atoms with Gasteiger partial charge in [-0.05, 0) is 19.3 Å². The van der Waals surface area contributed by atoms with Gasteiger partial charge in [0, 0.05) is 0 Å². The summed E-state index contributed by atoms with van der Waals surface area (Å²) in [7, 11) is 0. The van der Waals surface area contributed by atoms with Gasteiger partial charge in [0.05, 0.1) is 12.1 Å². The minimum Gasteiger partial charge on any atom is -0.317 e. The predicted molar refractivity (Wildman–Crippen MR) is 36.6 cm³/mol. The van der Waals surface area contributed by atoms with Crippen molar-refractivity contribution in [3.05, 3.63) is 0 Å². The molecule has 0 saturated heterocycles. The lowest BCUT2D eigenvalue weighted by atomic mass is 10.2. The zero-order valence-corrected chi connectivity index (χ0v) is 6.37. The van der Waals surface area contributed by atoms with Gasteiger partial charge in [-0.2, -0.15) is 13.8 Å². The van der Waals surface area contributed by atoms with Gasteiger partial charge in [-0.3, -0.25) is 0 Å². The molecule has 0 aliphatic heterocycles. The molecule has 0 spiro atoms. The molecule has 0 aromatic rings. The molecule has 0 heterocycles. The topological polar surface area (TPSA) is 38.7 Å². The van der Waals surface area contributed by atoms with Gasteiger partial charge in [-0.25, -0.2) is 4.79 Å². The molecular formula is C7H9F2NO2. The zero-order valence-electron chi connectivity index (χ0n) is 6.37. The lowest BCUT2D eigenvalue weighted by Crippen LogP contribution is -2.23. The van der Waals surface area contributed by atoms with Crippen molar-refractivity contribution >= 4 is 6.08 Å². The molecule has 2 atom stereocenters. The Bertz CT molecular complexity index is 192. The van der Waals surface area contributed by atoms with Crippen LogP contribution in [0.5, 0.6) is 0 Å². The van der Waals surface area contributed by atoms with E-state index in [4.69, 9.17) is 0 Å². The Balaban J connectivity index is 2.46. The van der Waals surface area contributed by atoms with Crippen molar-refractivity contribution in [3.63, 3.8) is 0 Å². The maximum atomic E-state index is 11.7. The van der Waals surface area contributed by atoms with Crippen molar-refractivity contribution in [2.45, 2.75) is 38.0 Å². The van der Waals surface area contributed by atoms with E-state index in [9.17, 15) is 13.6 Å². The SMILES string of the molecule is O=C=NC1CCCC1OC(F)F. The van der Waals surface area contributed by atoms with Crippen LogP contribution in [0.4, 0.5) is 8.78 Å². The molecule has 0 N–H and O–H groups in total. The molecule has 0 amide bonds. The Hall–Kier alpha value is -0.800. The van der Waals surface area contributed by atoms with E-state index in [1.54, 1.807) is 0 Å². The first kappa shape index (κ1) is 9.29. The summed E-state index contributed by atoms with van der Waals surface area (Å²) < 4.78 is 27.7. The van der Waals surface area contributed by atoms with Crippen molar-refractivity contribution < 1.29 is 18.3 Å². The summed E-state index contributed by atoms with van der Waals surface area (Å²) in [5.41, 5.74) is 0. The van der Waals surface area contributed by atoms with Gasteiger partial charge in [-0.1, -0.05) is 0 Å². The minimum absolute atomic E-state index is 0.420. The van der Waals surface area contributed by atoms with E-state index in [0.717, 1.165) is 6.42 Å². The molecule has 68 valence electrons. The normalized spacial score (nSPS) is 28.9. The molecule has 12 heavy (non-hydrogen) atoms. The van der Waals surface area contributed by atoms with Crippen LogP contribution in [-0.4, -0.2) is 24.8 Å². The smallest absolute Gasteiger partial charge is 0.317 e. The van der Waals surface area contributed by atoms with Crippen LogP contribution < -0.4 is 0 Å². The average molecular weight is 177 g/mol. The van der Waals surface area contributed by atoms with E-state index in [1.165, 1.54) is 6.08 Å². The molecule has 0 radical (unpaired) electrons. The second kappa shape index (κ2) is 4.28. The number of hydrogen-bond acceptors (Lipinski definition) is 3. The summed E-state index contributed by atoms with van der Waals surface area (Å²) in [6.45, 7) is -2.78. The van der Waals surface area contributed by atoms with Gasteiger partial charge >= 0.3 is 6.61 Å². The Morgan fingerprint density at radius 3 is 2.83 bits per heavy atom. The van der Waals surface area contributed by atoms with Crippen LogP contribution in [0.2, 0.25) is 0 Å². The second-order valence-corrected chi connectivity index (χ2v) is 2.65. The third-order valence-electron chi connectivity index (χ3n) is 1.91. The van der Waals surface area contributed by atoms with Gasteiger partial charge in [0.2, 0.25) is 6.08 Å². The predicted octanol–water partition coefficient (Wildman–Crippen LogP) is 1.48. The third-order valence-corrected chi connectivity index (χ3v) is 1.91. The number of carbonyl (C=O) groups excluding carboxylic acids is 1. The maximum absolute atomic E-state index is 11.7. The molecule has 1 saturated carbocycles. The molecule has 2 unspecified atom stereocenters. The number of isocyanates is 1. The van der Waals surface area contributed by atoms with Gasteiger partial charge in [-0.15, -0.1) is 0 Å². The number of alkyl halides is 2. The average Bonchev–Trinajstić information content (AvgIpc) is 2.37.